The fourth-order valence-electron chi connectivity index (χ4n) is 2.57. The first kappa shape index (κ1) is 22.9. The molecular formula is C16H35IN4O2. The Bertz CT molecular complexity index is 310. The molecule has 0 aromatic rings. The third-order valence-corrected chi connectivity index (χ3v) is 3.81. The Morgan fingerprint density at radius 1 is 1.22 bits per heavy atom. The maximum Gasteiger partial charge on any atom is 0.191 e. The van der Waals surface area contributed by atoms with Crippen molar-refractivity contribution in [2.24, 2.45) is 10.9 Å². The van der Waals surface area contributed by atoms with Gasteiger partial charge < -0.3 is 20.1 Å². The molecular weight excluding hydrogens is 407 g/mol. The number of morpholine rings is 1. The molecule has 0 aromatic carbocycles. The maximum atomic E-state index is 5.45. The predicted octanol–water partition coefficient (Wildman–Crippen LogP) is 1.55. The molecule has 0 saturated carbocycles. The molecule has 138 valence electrons. The van der Waals surface area contributed by atoms with Crippen LogP contribution in [0.5, 0.6) is 0 Å². The van der Waals surface area contributed by atoms with Crippen LogP contribution >= 0.6 is 24.0 Å². The second-order valence-corrected chi connectivity index (χ2v) is 5.80. The predicted molar refractivity (Wildman–Crippen MR) is 107 cm³/mol. The number of hydrogen-bond donors (Lipinski definition) is 2. The minimum Gasteiger partial charge on any atom is -0.380 e. The zero-order valence-corrected chi connectivity index (χ0v) is 17.5. The van der Waals surface area contributed by atoms with Gasteiger partial charge in [0.25, 0.3) is 0 Å². The number of ether oxygens (including phenoxy) is 2. The van der Waals surface area contributed by atoms with E-state index >= 15 is 0 Å². The third kappa shape index (κ3) is 9.69. The van der Waals surface area contributed by atoms with Crippen molar-refractivity contribution in [1.29, 1.82) is 0 Å². The second-order valence-electron chi connectivity index (χ2n) is 5.80. The van der Waals surface area contributed by atoms with Crippen LogP contribution in [0.25, 0.3) is 0 Å². The van der Waals surface area contributed by atoms with Crippen molar-refractivity contribution in [3.05, 3.63) is 0 Å². The Morgan fingerprint density at radius 2 is 1.91 bits per heavy atom. The molecule has 0 amide bonds. The van der Waals surface area contributed by atoms with Gasteiger partial charge in [0.15, 0.2) is 5.96 Å². The number of halogens is 1. The quantitative estimate of drug-likeness (QED) is 0.246. The molecule has 0 aliphatic carbocycles. The van der Waals surface area contributed by atoms with E-state index in [2.05, 4.69) is 36.3 Å². The SMILES string of the molecule is CCNC(=NCC(C(C)C)N1CCOCC1)NCCOCC.I. The van der Waals surface area contributed by atoms with E-state index in [-0.39, 0.29) is 24.0 Å². The summed E-state index contributed by atoms with van der Waals surface area (Å²) in [5.41, 5.74) is 0. The van der Waals surface area contributed by atoms with Crippen LogP contribution in [0.1, 0.15) is 27.7 Å². The van der Waals surface area contributed by atoms with Gasteiger partial charge in [0, 0.05) is 38.8 Å². The Balaban J connectivity index is 0.00000484. The van der Waals surface area contributed by atoms with Crippen LogP contribution in [0, 0.1) is 5.92 Å². The van der Waals surface area contributed by atoms with E-state index < -0.39 is 0 Å². The van der Waals surface area contributed by atoms with Gasteiger partial charge in [0.2, 0.25) is 0 Å². The van der Waals surface area contributed by atoms with Gasteiger partial charge in [-0.15, -0.1) is 24.0 Å². The molecule has 0 spiro atoms. The fourth-order valence-corrected chi connectivity index (χ4v) is 2.57. The lowest BCUT2D eigenvalue weighted by Crippen LogP contribution is -2.48. The normalized spacial score (nSPS) is 17.7. The van der Waals surface area contributed by atoms with Crippen LogP contribution in [0.2, 0.25) is 0 Å². The largest absolute Gasteiger partial charge is 0.380 e. The Kier molecular flexibility index (Phi) is 14.2. The fraction of sp³-hybridized carbons (Fsp3) is 0.938. The smallest absolute Gasteiger partial charge is 0.191 e. The van der Waals surface area contributed by atoms with Gasteiger partial charge in [-0.05, 0) is 19.8 Å². The summed E-state index contributed by atoms with van der Waals surface area (Å²) in [5, 5.41) is 6.62. The van der Waals surface area contributed by atoms with Gasteiger partial charge >= 0.3 is 0 Å². The monoisotopic (exact) mass is 442 g/mol. The van der Waals surface area contributed by atoms with Crippen molar-refractivity contribution in [2.75, 3.05) is 59.2 Å². The number of rotatable bonds is 9. The average molecular weight is 442 g/mol. The molecule has 1 fully saturated rings. The molecule has 1 saturated heterocycles. The molecule has 1 aliphatic heterocycles. The van der Waals surface area contributed by atoms with Crippen LogP contribution < -0.4 is 10.6 Å². The van der Waals surface area contributed by atoms with Crippen LogP contribution in [0.15, 0.2) is 4.99 Å². The van der Waals surface area contributed by atoms with Crippen molar-refractivity contribution in [1.82, 2.24) is 15.5 Å². The topological polar surface area (TPSA) is 58.1 Å². The van der Waals surface area contributed by atoms with E-state index in [1.807, 2.05) is 6.92 Å². The highest BCUT2D eigenvalue weighted by molar-refractivity contribution is 14.0. The summed E-state index contributed by atoms with van der Waals surface area (Å²) in [6.07, 6.45) is 0. The van der Waals surface area contributed by atoms with Crippen molar-refractivity contribution < 1.29 is 9.47 Å². The van der Waals surface area contributed by atoms with Crippen LogP contribution in [-0.2, 0) is 9.47 Å². The van der Waals surface area contributed by atoms with Crippen LogP contribution in [0.3, 0.4) is 0 Å². The standard InChI is InChI=1S/C16H34N4O2.HI/c1-5-17-16(18-7-10-21-6-2)19-13-15(14(3)4)20-8-11-22-12-9-20;/h14-15H,5-13H2,1-4H3,(H2,17,18,19);1H. The molecule has 6 nitrogen and oxygen atoms in total. The zero-order valence-electron chi connectivity index (χ0n) is 15.1. The first-order chi connectivity index (χ1) is 10.7. The molecule has 1 atom stereocenters. The van der Waals surface area contributed by atoms with E-state index in [4.69, 9.17) is 14.5 Å². The van der Waals surface area contributed by atoms with Gasteiger partial charge in [-0.1, -0.05) is 13.8 Å². The van der Waals surface area contributed by atoms with Gasteiger partial charge in [-0.25, -0.2) is 0 Å². The summed E-state index contributed by atoms with van der Waals surface area (Å²) >= 11 is 0. The van der Waals surface area contributed by atoms with Crippen molar-refractivity contribution in [2.45, 2.75) is 33.7 Å². The third-order valence-electron chi connectivity index (χ3n) is 3.81. The molecule has 1 unspecified atom stereocenters. The summed E-state index contributed by atoms with van der Waals surface area (Å²) in [7, 11) is 0. The summed E-state index contributed by atoms with van der Waals surface area (Å²) in [6, 6.07) is 0.464. The number of aliphatic imine (C=N–C) groups is 1. The highest BCUT2D eigenvalue weighted by Gasteiger charge is 2.23. The number of nitrogens with one attached hydrogen (secondary N) is 2. The highest BCUT2D eigenvalue weighted by atomic mass is 127. The summed E-state index contributed by atoms with van der Waals surface area (Å²) in [5.74, 6) is 1.45. The minimum absolute atomic E-state index is 0. The number of guanidine groups is 1. The lowest BCUT2D eigenvalue weighted by atomic mass is 10.0. The average Bonchev–Trinajstić information content (AvgIpc) is 2.52. The molecule has 7 heteroatoms. The first-order valence-electron chi connectivity index (χ1n) is 8.60. The van der Waals surface area contributed by atoms with Crippen molar-refractivity contribution >= 4 is 29.9 Å². The highest BCUT2D eigenvalue weighted by Crippen LogP contribution is 2.13. The van der Waals surface area contributed by atoms with Gasteiger partial charge in [-0.2, -0.15) is 0 Å². The molecule has 1 rings (SSSR count). The Morgan fingerprint density at radius 3 is 2.48 bits per heavy atom. The van der Waals surface area contributed by atoms with Crippen LogP contribution in [0.4, 0.5) is 0 Å². The van der Waals surface area contributed by atoms with E-state index in [0.29, 0.717) is 18.6 Å². The van der Waals surface area contributed by atoms with E-state index in [1.165, 1.54) is 0 Å². The maximum absolute atomic E-state index is 5.45. The summed E-state index contributed by atoms with van der Waals surface area (Å²) < 4.78 is 10.8. The second kappa shape index (κ2) is 14.2. The Hall–Kier alpha value is -0.120. The lowest BCUT2D eigenvalue weighted by Gasteiger charge is -2.36. The molecule has 2 N–H and O–H groups in total. The molecule has 1 aliphatic rings. The van der Waals surface area contributed by atoms with Crippen molar-refractivity contribution in [3.63, 3.8) is 0 Å². The molecule has 23 heavy (non-hydrogen) atoms. The number of nitrogens with zero attached hydrogens (tertiary/aromatic N) is 2. The Labute approximate surface area is 158 Å². The molecule has 0 bridgehead atoms. The van der Waals surface area contributed by atoms with Gasteiger partial charge in [0.1, 0.15) is 0 Å². The van der Waals surface area contributed by atoms with Crippen molar-refractivity contribution in [3.8, 4) is 0 Å². The van der Waals surface area contributed by atoms with Gasteiger partial charge in [-0.3, -0.25) is 9.89 Å². The molecule has 0 radical (unpaired) electrons. The van der Waals surface area contributed by atoms with Gasteiger partial charge in [0.05, 0.1) is 26.4 Å². The summed E-state index contributed by atoms with van der Waals surface area (Å²) in [4.78, 5) is 7.27. The first-order valence-corrected chi connectivity index (χ1v) is 8.60. The zero-order chi connectivity index (χ0) is 16.2. The van der Waals surface area contributed by atoms with Crippen LogP contribution in [-0.4, -0.2) is 76.1 Å². The molecule has 0 aromatic heterocycles. The lowest BCUT2D eigenvalue weighted by molar-refractivity contribution is 0.00867. The van der Waals surface area contributed by atoms with E-state index in [9.17, 15) is 0 Å². The summed E-state index contributed by atoms with van der Waals surface area (Å²) in [6.45, 7) is 16.2. The molecule has 1 heterocycles. The van der Waals surface area contributed by atoms with E-state index in [0.717, 1.165) is 58.5 Å². The number of hydrogen-bond acceptors (Lipinski definition) is 4. The minimum atomic E-state index is 0. The van der Waals surface area contributed by atoms with E-state index in [1.54, 1.807) is 0 Å².